The van der Waals surface area contributed by atoms with Crippen LogP contribution in [0.5, 0.6) is 0 Å². The van der Waals surface area contributed by atoms with Crippen molar-refractivity contribution in [3.05, 3.63) is 41.1 Å². The second-order valence-electron chi connectivity index (χ2n) is 7.87. The van der Waals surface area contributed by atoms with Gasteiger partial charge in [0.2, 0.25) is 5.91 Å². The van der Waals surface area contributed by atoms with Crippen LogP contribution in [-0.2, 0) is 17.6 Å². The Hall–Kier alpha value is -2.43. The Labute approximate surface area is 160 Å². The molecule has 1 N–H and O–H groups in total. The first-order chi connectivity index (χ1) is 13.1. The fourth-order valence-electron chi connectivity index (χ4n) is 4.32. The highest BCUT2D eigenvalue weighted by Gasteiger charge is 2.25. The quantitative estimate of drug-likeness (QED) is 0.906. The van der Waals surface area contributed by atoms with E-state index in [9.17, 15) is 9.59 Å². The summed E-state index contributed by atoms with van der Waals surface area (Å²) in [6.45, 7) is 4.32. The maximum Gasteiger partial charge on any atom is 0.252 e. The number of rotatable bonds is 4. The number of nitrogens with zero attached hydrogens (tertiary/aromatic N) is 2. The SMILES string of the molecule is C[C@@H]1CCc2nc3ccccc3c(C(=O)NCCC(=O)N3CCCC3)c2C1. The number of hydrogen-bond acceptors (Lipinski definition) is 3. The van der Waals surface area contributed by atoms with Gasteiger partial charge in [-0.3, -0.25) is 14.6 Å². The summed E-state index contributed by atoms with van der Waals surface area (Å²) < 4.78 is 0. The number of carbonyl (C=O) groups is 2. The average molecular weight is 365 g/mol. The lowest BCUT2D eigenvalue weighted by Gasteiger charge is -2.24. The predicted molar refractivity (Wildman–Crippen MR) is 106 cm³/mol. The van der Waals surface area contributed by atoms with Crippen molar-refractivity contribution in [2.24, 2.45) is 5.92 Å². The maximum atomic E-state index is 13.1. The van der Waals surface area contributed by atoms with E-state index in [0.29, 0.717) is 18.9 Å². The highest BCUT2D eigenvalue weighted by Crippen LogP contribution is 2.31. The number of likely N-dealkylation sites (tertiary alicyclic amines) is 1. The van der Waals surface area contributed by atoms with E-state index in [2.05, 4.69) is 12.2 Å². The van der Waals surface area contributed by atoms with E-state index in [-0.39, 0.29) is 11.8 Å². The van der Waals surface area contributed by atoms with Gasteiger partial charge in [0.15, 0.2) is 0 Å². The van der Waals surface area contributed by atoms with Crippen molar-refractivity contribution in [2.75, 3.05) is 19.6 Å². The third kappa shape index (κ3) is 3.68. The van der Waals surface area contributed by atoms with Crippen molar-refractivity contribution in [1.29, 1.82) is 0 Å². The van der Waals surface area contributed by atoms with Gasteiger partial charge in [-0.25, -0.2) is 0 Å². The minimum Gasteiger partial charge on any atom is -0.351 e. The number of aromatic nitrogens is 1. The van der Waals surface area contributed by atoms with Gasteiger partial charge in [0.25, 0.3) is 5.91 Å². The Morgan fingerprint density at radius 3 is 2.81 bits per heavy atom. The summed E-state index contributed by atoms with van der Waals surface area (Å²) in [6.07, 6.45) is 5.48. The lowest BCUT2D eigenvalue weighted by Crippen LogP contribution is -2.33. The Kier molecular flexibility index (Phi) is 5.10. The lowest BCUT2D eigenvalue weighted by molar-refractivity contribution is -0.129. The van der Waals surface area contributed by atoms with E-state index in [0.717, 1.165) is 72.9 Å². The fraction of sp³-hybridized carbons (Fsp3) is 0.500. The van der Waals surface area contributed by atoms with Crippen molar-refractivity contribution in [1.82, 2.24) is 15.2 Å². The molecule has 1 aromatic heterocycles. The highest BCUT2D eigenvalue weighted by molar-refractivity contribution is 6.07. The van der Waals surface area contributed by atoms with Gasteiger partial charge < -0.3 is 10.2 Å². The van der Waals surface area contributed by atoms with Crippen LogP contribution in [-0.4, -0.2) is 41.3 Å². The molecule has 4 rings (SSSR count). The van der Waals surface area contributed by atoms with Crippen molar-refractivity contribution < 1.29 is 9.59 Å². The number of carbonyl (C=O) groups excluding carboxylic acids is 2. The Balaban J connectivity index is 1.55. The van der Waals surface area contributed by atoms with Gasteiger partial charge in [0.1, 0.15) is 0 Å². The zero-order valence-electron chi connectivity index (χ0n) is 16.0. The van der Waals surface area contributed by atoms with E-state index >= 15 is 0 Å². The van der Waals surface area contributed by atoms with Crippen LogP contribution >= 0.6 is 0 Å². The molecule has 2 amide bonds. The molecule has 1 aliphatic heterocycles. The Morgan fingerprint density at radius 2 is 2.00 bits per heavy atom. The molecule has 2 aliphatic rings. The summed E-state index contributed by atoms with van der Waals surface area (Å²) in [5, 5.41) is 3.91. The molecule has 0 unspecified atom stereocenters. The molecule has 2 heterocycles. The summed E-state index contributed by atoms with van der Waals surface area (Å²) in [5.41, 5.74) is 3.79. The van der Waals surface area contributed by atoms with Crippen LogP contribution in [0, 0.1) is 5.92 Å². The first kappa shape index (κ1) is 18.0. The molecule has 1 saturated heterocycles. The monoisotopic (exact) mass is 365 g/mol. The number of para-hydroxylation sites is 1. The summed E-state index contributed by atoms with van der Waals surface area (Å²) in [7, 11) is 0. The molecule has 5 heteroatoms. The summed E-state index contributed by atoms with van der Waals surface area (Å²) in [6, 6.07) is 7.87. The van der Waals surface area contributed by atoms with Crippen molar-refractivity contribution in [3.63, 3.8) is 0 Å². The first-order valence-corrected chi connectivity index (χ1v) is 10.1. The van der Waals surface area contributed by atoms with Gasteiger partial charge in [0.05, 0.1) is 11.1 Å². The third-order valence-electron chi connectivity index (χ3n) is 5.82. The van der Waals surface area contributed by atoms with Gasteiger partial charge in [-0.15, -0.1) is 0 Å². The zero-order chi connectivity index (χ0) is 18.8. The van der Waals surface area contributed by atoms with Gasteiger partial charge in [-0.2, -0.15) is 0 Å². The van der Waals surface area contributed by atoms with E-state index < -0.39 is 0 Å². The molecule has 5 nitrogen and oxygen atoms in total. The predicted octanol–water partition coefficient (Wildman–Crippen LogP) is 3.10. The summed E-state index contributed by atoms with van der Waals surface area (Å²) in [4.78, 5) is 32.0. The first-order valence-electron chi connectivity index (χ1n) is 10.1. The number of pyridine rings is 1. The van der Waals surface area contributed by atoms with Crippen molar-refractivity contribution in [3.8, 4) is 0 Å². The number of nitrogens with one attached hydrogen (secondary N) is 1. The smallest absolute Gasteiger partial charge is 0.252 e. The molecule has 0 radical (unpaired) electrons. The van der Waals surface area contributed by atoms with Crippen LogP contribution < -0.4 is 5.32 Å². The third-order valence-corrected chi connectivity index (χ3v) is 5.82. The number of hydrogen-bond donors (Lipinski definition) is 1. The van der Waals surface area contributed by atoms with Crippen LogP contribution in [0.4, 0.5) is 0 Å². The molecule has 1 aromatic carbocycles. The minimum absolute atomic E-state index is 0.0758. The Morgan fingerprint density at radius 1 is 1.22 bits per heavy atom. The van der Waals surface area contributed by atoms with Gasteiger partial charge in [0, 0.05) is 37.1 Å². The van der Waals surface area contributed by atoms with Crippen LogP contribution in [0.2, 0.25) is 0 Å². The minimum atomic E-state index is -0.0758. The summed E-state index contributed by atoms with van der Waals surface area (Å²) >= 11 is 0. The Bertz CT molecular complexity index is 871. The number of fused-ring (bicyclic) bond motifs is 2. The van der Waals surface area contributed by atoms with Crippen LogP contribution in [0.25, 0.3) is 10.9 Å². The molecule has 27 heavy (non-hydrogen) atoms. The molecule has 0 saturated carbocycles. The standard InChI is InChI=1S/C22H27N3O2/c1-15-8-9-19-17(14-15)21(16-6-2-3-7-18(16)24-19)22(27)23-11-10-20(26)25-12-4-5-13-25/h2-3,6-7,15H,4-5,8-14H2,1H3,(H,23,27)/t15-/m1/s1. The highest BCUT2D eigenvalue weighted by atomic mass is 16.2. The van der Waals surface area contributed by atoms with Crippen LogP contribution in [0.1, 0.15) is 54.2 Å². The molecule has 1 atom stereocenters. The summed E-state index contributed by atoms with van der Waals surface area (Å²) in [5.74, 6) is 0.625. The van der Waals surface area contributed by atoms with Crippen LogP contribution in [0.3, 0.4) is 0 Å². The normalized spacial score (nSPS) is 19.1. The van der Waals surface area contributed by atoms with Gasteiger partial charge in [-0.1, -0.05) is 25.1 Å². The van der Waals surface area contributed by atoms with E-state index in [1.54, 1.807) is 0 Å². The molecule has 0 bridgehead atoms. The molecule has 1 aliphatic carbocycles. The van der Waals surface area contributed by atoms with E-state index in [4.69, 9.17) is 4.98 Å². The second kappa shape index (κ2) is 7.67. The molecule has 142 valence electrons. The fourth-order valence-corrected chi connectivity index (χ4v) is 4.32. The maximum absolute atomic E-state index is 13.1. The van der Waals surface area contributed by atoms with Crippen LogP contribution in [0.15, 0.2) is 24.3 Å². The van der Waals surface area contributed by atoms with Crippen molar-refractivity contribution >= 4 is 22.7 Å². The molecular formula is C22H27N3O2. The largest absolute Gasteiger partial charge is 0.351 e. The topological polar surface area (TPSA) is 62.3 Å². The number of amides is 2. The number of benzene rings is 1. The number of aryl methyl sites for hydroxylation is 1. The second-order valence-corrected chi connectivity index (χ2v) is 7.87. The molecule has 2 aromatic rings. The van der Waals surface area contributed by atoms with Crippen molar-refractivity contribution in [2.45, 2.75) is 45.4 Å². The lowest BCUT2D eigenvalue weighted by atomic mass is 9.84. The molecular weight excluding hydrogens is 338 g/mol. The average Bonchev–Trinajstić information content (AvgIpc) is 3.21. The molecule has 1 fully saturated rings. The van der Waals surface area contributed by atoms with Gasteiger partial charge >= 0.3 is 0 Å². The van der Waals surface area contributed by atoms with E-state index in [1.165, 1.54) is 0 Å². The zero-order valence-corrected chi connectivity index (χ0v) is 16.0. The van der Waals surface area contributed by atoms with E-state index in [1.807, 2.05) is 29.2 Å². The van der Waals surface area contributed by atoms with Gasteiger partial charge in [-0.05, 0) is 49.7 Å². The molecule has 0 spiro atoms.